The maximum Gasteiger partial charge on any atom is 0.229 e. The molecule has 0 aromatic heterocycles. The molecule has 1 aliphatic rings. The van der Waals surface area contributed by atoms with Gasteiger partial charge < -0.3 is 15.1 Å². The molecule has 9 heteroatoms. The first-order valence-electron chi connectivity index (χ1n) is 8.61. The molecule has 3 rings (SSSR count). The molecule has 2 aromatic rings. The standard InChI is InChI=1S/C19H18F5N3O/c1-26-6-8-27(9-7-26)12-4-2-11(3-5-12)25-14(28)10-13-15(20)17(22)19(24)18(23)16(13)21/h2-5H,6-10H2,1H3,(H,25,28). The van der Waals surface area contributed by atoms with E-state index in [1.54, 1.807) is 24.3 Å². The Morgan fingerprint density at radius 3 is 1.89 bits per heavy atom. The molecule has 1 heterocycles. The lowest BCUT2D eigenvalue weighted by atomic mass is 10.1. The molecule has 0 atom stereocenters. The molecule has 0 saturated carbocycles. The quantitative estimate of drug-likeness (QED) is 0.487. The van der Waals surface area contributed by atoms with E-state index in [-0.39, 0.29) is 0 Å². The van der Waals surface area contributed by atoms with Gasteiger partial charge in [-0.3, -0.25) is 4.79 Å². The van der Waals surface area contributed by atoms with E-state index in [0.29, 0.717) is 5.69 Å². The maximum absolute atomic E-state index is 13.7. The zero-order chi connectivity index (χ0) is 20.4. The Morgan fingerprint density at radius 2 is 1.36 bits per heavy atom. The Morgan fingerprint density at radius 1 is 0.857 bits per heavy atom. The Labute approximate surface area is 158 Å². The number of nitrogens with one attached hydrogen (secondary N) is 1. The highest BCUT2D eigenvalue weighted by molar-refractivity contribution is 5.92. The van der Waals surface area contributed by atoms with Crippen LogP contribution < -0.4 is 10.2 Å². The molecule has 150 valence electrons. The van der Waals surface area contributed by atoms with E-state index in [1.165, 1.54) is 0 Å². The monoisotopic (exact) mass is 399 g/mol. The van der Waals surface area contributed by atoms with Gasteiger partial charge in [-0.2, -0.15) is 0 Å². The lowest BCUT2D eigenvalue weighted by Gasteiger charge is -2.34. The summed E-state index contributed by atoms with van der Waals surface area (Å²) in [4.78, 5) is 16.4. The minimum atomic E-state index is -2.25. The smallest absolute Gasteiger partial charge is 0.229 e. The van der Waals surface area contributed by atoms with Gasteiger partial charge in [0.15, 0.2) is 23.3 Å². The van der Waals surface area contributed by atoms with E-state index in [2.05, 4.69) is 15.1 Å². The predicted molar refractivity (Wildman–Crippen MR) is 94.7 cm³/mol. The Balaban J connectivity index is 1.67. The van der Waals surface area contributed by atoms with E-state index in [4.69, 9.17) is 0 Å². The van der Waals surface area contributed by atoms with Crippen LogP contribution in [0.3, 0.4) is 0 Å². The molecule has 0 radical (unpaired) electrons. The summed E-state index contributed by atoms with van der Waals surface area (Å²) in [5.74, 6) is -11.3. The third-order valence-corrected chi connectivity index (χ3v) is 4.66. The molecule has 2 aromatic carbocycles. The number of carbonyl (C=O) groups is 1. The van der Waals surface area contributed by atoms with E-state index < -0.39 is 47.0 Å². The molecule has 1 N–H and O–H groups in total. The van der Waals surface area contributed by atoms with Crippen LogP contribution in [0, 0.1) is 29.1 Å². The average molecular weight is 399 g/mol. The second kappa shape index (κ2) is 8.14. The minimum absolute atomic E-state index is 0.353. The van der Waals surface area contributed by atoms with Crippen LogP contribution in [0.4, 0.5) is 33.3 Å². The number of hydrogen-bond donors (Lipinski definition) is 1. The van der Waals surface area contributed by atoms with Gasteiger partial charge >= 0.3 is 0 Å². The first-order chi connectivity index (χ1) is 13.3. The molecule has 0 unspecified atom stereocenters. The largest absolute Gasteiger partial charge is 0.369 e. The molecule has 4 nitrogen and oxygen atoms in total. The first-order valence-corrected chi connectivity index (χ1v) is 8.61. The van der Waals surface area contributed by atoms with E-state index in [1.807, 2.05) is 7.05 Å². The predicted octanol–water partition coefficient (Wildman–Crippen LogP) is 3.32. The molecule has 0 bridgehead atoms. The Bertz CT molecular complexity index is 851. The van der Waals surface area contributed by atoms with Crippen LogP contribution in [-0.4, -0.2) is 44.0 Å². The number of anilines is 2. The molecule has 28 heavy (non-hydrogen) atoms. The van der Waals surface area contributed by atoms with Gasteiger partial charge in [-0.15, -0.1) is 0 Å². The van der Waals surface area contributed by atoms with Crippen molar-refractivity contribution in [3.63, 3.8) is 0 Å². The van der Waals surface area contributed by atoms with Crippen molar-refractivity contribution in [2.75, 3.05) is 43.4 Å². The average Bonchev–Trinajstić information content (AvgIpc) is 2.69. The van der Waals surface area contributed by atoms with Gasteiger partial charge in [0.25, 0.3) is 0 Å². The summed E-state index contributed by atoms with van der Waals surface area (Å²) in [5.41, 5.74) is 0.153. The molecular weight excluding hydrogens is 381 g/mol. The van der Waals surface area contributed by atoms with Crippen LogP contribution in [0.2, 0.25) is 0 Å². The van der Waals surface area contributed by atoms with Gasteiger partial charge in [-0.05, 0) is 31.3 Å². The lowest BCUT2D eigenvalue weighted by molar-refractivity contribution is -0.115. The molecular formula is C19H18F5N3O. The third kappa shape index (κ3) is 4.09. The molecule has 1 saturated heterocycles. The molecule has 1 amide bonds. The molecule has 1 aliphatic heterocycles. The summed E-state index contributed by atoms with van der Waals surface area (Å²) < 4.78 is 66.9. The summed E-state index contributed by atoms with van der Waals surface area (Å²) >= 11 is 0. The van der Waals surface area contributed by atoms with Gasteiger partial charge in [0.2, 0.25) is 11.7 Å². The normalized spacial score (nSPS) is 15.0. The number of carbonyl (C=O) groups excluding carboxylic acids is 1. The highest BCUT2D eigenvalue weighted by atomic mass is 19.2. The summed E-state index contributed by atoms with van der Waals surface area (Å²) in [6.07, 6.45) is -0.980. The Hall–Kier alpha value is -2.68. The zero-order valence-electron chi connectivity index (χ0n) is 15.0. The maximum atomic E-state index is 13.7. The molecule has 1 fully saturated rings. The van der Waals surface area contributed by atoms with Gasteiger partial charge in [-0.1, -0.05) is 0 Å². The number of rotatable bonds is 4. The van der Waals surface area contributed by atoms with Crippen LogP contribution in [0.15, 0.2) is 24.3 Å². The summed E-state index contributed by atoms with van der Waals surface area (Å²) in [5, 5.41) is 2.40. The van der Waals surface area contributed by atoms with E-state index in [9.17, 15) is 26.7 Å². The van der Waals surface area contributed by atoms with E-state index in [0.717, 1.165) is 31.9 Å². The van der Waals surface area contributed by atoms with Crippen molar-refractivity contribution >= 4 is 17.3 Å². The second-order valence-electron chi connectivity index (χ2n) is 6.61. The third-order valence-electron chi connectivity index (χ3n) is 4.66. The van der Waals surface area contributed by atoms with Crippen molar-refractivity contribution in [3.05, 3.63) is 58.9 Å². The fourth-order valence-electron chi connectivity index (χ4n) is 2.99. The highest BCUT2D eigenvalue weighted by Gasteiger charge is 2.26. The number of piperazine rings is 1. The SMILES string of the molecule is CN1CCN(c2ccc(NC(=O)Cc3c(F)c(F)c(F)c(F)c3F)cc2)CC1. The van der Waals surface area contributed by atoms with Gasteiger partial charge in [0.1, 0.15) is 0 Å². The second-order valence-corrected chi connectivity index (χ2v) is 6.61. The fourth-order valence-corrected chi connectivity index (χ4v) is 2.99. The van der Waals surface area contributed by atoms with Crippen molar-refractivity contribution in [2.24, 2.45) is 0 Å². The topological polar surface area (TPSA) is 35.6 Å². The van der Waals surface area contributed by atoms with Crippen LogP contribution in [0.25, 0.3) is 0 Å². The summed E-state index contributed by atoms with van der Waals surface area (Å²) in [7, 11) is 2.04. The van der Waals surface area contributed by atoms with Crippen molar-refractivity contribution in [2.45, 2.75) is 6.42 Å². The number of halogens is 5. The number of likely N-dealkylation sites (N-methyl/N-ethyl adjacent to an activating group) is 1. The van der Waals surface area contributed by atoms with Crippen LogP contribution in [-0.2, 0) is 11.2 Å². The molecule has 0 aliphatic carbocycles. The first kappa shape index (κ1) is 20.1. The number of nitrogens with zero attached hydrogens (tertiary/aromatic N) is 2. The number of hydrogen-bond acceptors (Lipinski definition) is 3. The van der Waals surface area contributed by atoms with Gasteiger partial charge in [0, 0.05) is 43.1 Å². The van der Waals surface area contributed by atoms with Crippen LogP contribution in [0.1, 0.15) is 5.56 Å². The van der Waals surface area contributed by atoms with Crippen molar-refractivity contribution in [3.8, 4) is 0 Å². The minimum Gasteiger partial charge on any atom is -0.369 e. The summed E-state index contributed by atoms with van der Waals surface area (Å²) in [6.45, 7) is 3.59. The van der Waals surface area contributed by atoms with E-state index >= 15 is 0 Å². The number of amides is 1. The van der Waals surface area contributed by atoms with Crippen molar-refractivity contribution in [1.82, 2.24) is 4.90 Å². The highest BCUT2D eigenvalue weighted by Crippen LogP contribution is 2.24. The van der Waals surface area contributed by atoms with Gasteiger partial charge in [0.05, 0.1) is 6.42 Å². The van der Waals surface area contributed by atoms with Gasteiger partial charge in [-0.25, -0.2) is 22.0 Å². The van der Waals surface area contributed by atoms with Crippen LogP contribution >= 0.6 is 0 Å². The fraction of sp³-hybridized carbons (Fsp3) is 0.316. The Kier molecular flexibility index (Phi) is 5.83. The summed E-state index contributed by atoms with van der Waals surface area (Å²) in [6, 6.07) is 6.81. The molecule has 0 spiro atoms. The van der Waals surface area contributed by atoms with Crippen LogP contribution in [0.5, 0.6) is 0 Å². The number of benzene rings is 2. The van der Waals surface area contributed by atoms with Crippen molar-refractivity contribution in [1.29, 1.82) is 0 Å². The zero-order valence-corrected chi connectivity index (χ0v) is 15.0. The lowest BCUT2D eigenvalue weighted by Crippen LogP contribution is -2.44. The van der Waals surface area contributed by atoms with Crippen molar-refractivity contribution < 1.29 is 26.7 Å².